The Kier molecular flexibility index (Phi) is 6.32. The summed E-state index contributed by atoms with van der Waals surface area (Å²) in [5, 5.41) is 18.9. The number of Topliss-reactive ketones (excluding diaryl/α,β-unsaturated/α-hetero) is 1. The zero-order valence-corrected chi connectivity index (χ0v) is 19.0. The number of carbonyl (C=O) groups is 2. The molecule has 1 aromatic heterocycles. The van der Waals surface area contributed by atoms with Gasteiger partial charge < -0.3 is 14.9 Å². The molecule has 7 heteroatoms. The van der Waals surface area contributed by atoms with Crippen LogP contribution in [0.1, 0.15) is 44.0 Å². The Morgan fingerprint density at radius 1 is 1.09 bits per heavy atom. The highest BCUT2D eigenvalue weighted by molar-refractivity contribution is 6.00. The lowest BCUT2D eigenvalue weighted by Crippen LogP contribution is -2.49. The highest BCUT2D eigenvalue weighted by atomic mass is 16.5. The fourth-order valence-electron chi connectivity index (χ4n) is 3.79. The highest BCUT2D eigenvalue weighted by Gasteiger charge is 2.43. The van der Waals surface area contributed by atoms with Crippen LogP contribution in [0.15, 0.2) is 51.8 Å². The Hall–Kier alpha value is -3.32. The molecule has 1 heterocycles. The fourth-order valence-corrected chi connectivity index (χ4v) is 3.79. The topological polar surface area (TPSA) is 110 Å². The van der Waals surface area contributed by atoms with E-state index in [-0.39, 0.29) is 18.6 Å². The summed E-state index contributed by atoms with van der Waals surface area (Å²) < 4.78 is 4.73. The van der Waals surface area contributed by atoms with Crippen molar-refractivity contribution in [1.29, 1.82) is 0 Å². The first-order valence-electron chi connectivity index (χ1n) is 10.4. The van der Waals surface area contributed by atoms with Crippen molar-refractivity contribution < 1.29 is 19.2 Å². The van der Waals surface area contributed by atoms with Gasteiger partial charge in [0.2, 0.25) is 0 Å². The van der Waals surface area contributed by atoms with Crippen LogP contribution in [0.2, 0.25) is 0 Å². The molecule has 3 aromatic rings. The second kappa shape index (κ2) is 8.67. The molecule has 0 saturated heterocycles. The molecule has 168 valence electrons. The molecule has 0 aliphatic carbocycles. The third-order valence-electron chi connectivity index (χ3n) is 5.84. The molecule has 7 nitrogen and oxygen atoms in total. The van der Waals surface area contributed by atoms with Crippen LogP contribution in [0, 0.1) is 19.3 Å². The van der Waals surface area contributed by atoms with E-state index < -0.39 is 22.5 Å². The smallest absolute Gasteiger partial charge is 0.366 e. The van der Waals surface area contributed by atoms with Crippen LogP contribution in [0.3, 0.4) is 0 Å². The summed E-state index contributed by atoms with van der Waals surface area (Å²) in [6.07, 6.45) is 0.00182. The van der Waals surface area contributed by atoms with Gasteiger partial charge in [-0.05, 0) is 51.0 Å². The van der Waals surface area contributed by atoms with Crippen molar-refractivity contribution in [2.45, 2.75) is 53.1 Å². The van der Waals surface area contributed by atoms with E-state index in [4.69, 9.17) is 4.52 Å². The van der Waals surface area contributed by atoms with Crippen molar-refractivity contribution in [2.24, 2.45) is 5.41 Å². The van der Waals surface area contributed by atoms with E-state index in [2.05, 4.69) is 10.5 Å². The van der Waals surface area contributed by atoms with E-state index in [1.807, 2.05) is 31.2 Å². The quantitative estimate of drug-likeness (QED) is 0.584. The summed E-state index contributed by atoms with van der Waals surface area (Å²) in [4.78, 5) is 37.4. The Balaban J connectivity index is 1.97. The molecule has 0 saturated carbocycles. The maximum absolute atomic E-state index is 13.3. The van der Waals surface area contributed by atoms with E-state index in [9.17, 15) is 19.5 Å². The zero-order valence-electron chi connectivity index (χ0n) is 19.0. The zero-order chi connectivity index (χ0) is 23.7. The van der Waals surface area contributed by atoms with Gasteiger partial charge in [-0.2, -0.15) is 0 Å². The molecule has 2 aromatic carbocycles. The molecule has 0 radical (unpaired) electrons. The van der Waals surface area contributed by atoms with Gasteiger partial charge >= 0.3 is 5.63 Å². The second-order valence-corrected chi connectivity index (χ2v) is 9.08. The number of benzene rings is 2. The molecule has 0 aliphatic rings. The molecule has 1 amide bonds. The number of hydrogen-bond donors (Lipinski definition) is 2. The van der Waals surface area contributed by atoms with Gasteiger partial charge in [-0.25, -0.2) is 4.79 Å². The molecule has 0 aliphatic heterocycles. The predicted molar refractivity (Wildman–Crippen MR) is 123 cm³/mol. The van der Waals surface area contributed by atoms with Crippen LogP contribution in [0.25, 0.3) is 10.8 Å². The van der Waals surface area contributed by atoms with Gasteiger partial charge in [0.05, 0.1) is 11.1 Å². The fraction of sp³-hybridized carbons (Fsp3) is 0.360. The van der Waals surface area contributed by atoms with Crippen molar-refractivity contribution in [2.75, 3.05) is 5.32 Å². The first-order valence-corrected chi connectivity index (χ1v) is 10.4. The van der Waals surface area contributed by atoms with Crippen LogP contribution >= 0.6 is 0 Å². The van der Waals surface area contributed by atoms with Crippen molar-refractivity contribution >= 4 is 28.2 Å². The molecule has 2 N–H and O–H groups in total. The highest BCUT2D eigenvalue weighted by Crippen LogP contribution is 2.33. The lowest BCUT2D eigenvalue weighted by molar-refractivity contribution is -0.141. The Labute approximate surface area is 186 Å². The summed E-state index contributed by atoms with van der Waals surface area (Å²) in [6, 6.07) is 12.3. The number of ketones is 1. The molecule has 1 atom stereocenters. The Morgan fingerprint density at radius 2 is 1.81 bits per heavy atom. The number of rotatable bonds is 7. The SMILES string of the molecule is CC(=O)C(C)(C)CC(O)(Cc1cccc(C)c1)C(=O)Nc1ccc2c(=O)onc(C)c2c1. The average molecular weight is 437 g/mol. The second-order valence-electron chi connectivity index (χ2n) is 9.08. The van der Waals surface area contributed by atoms with E-state index in [0.717, 1.165) is 11.1 Å². The maximum Gasteiger partial charge on any atom is 0.366 e. The van der Waals surface area contributed by atoms with Gasteiger partial charge in [0.15, 0.2) is 0 Å². The minimum Gasteiger partial charge on any atom is -0.380 e. The van der Waals surface area contributed by atoms with Gasteiger partial charge in [0.1, 0.15) is 11.4 Å². The van der Waals surface area contributed by atoms with Crippen molar-refractivity contribution in [3.63, 3.8) is 0 Å². The molecule has 3 rings (SSSR count). The monoisotopic (exact) mass is 436 g/mol. The minimum atomic E-state index is -1.83. The number of aliphatic hydroxyl groups is 1. The normalized spacial score (nSPS) is 13.6. The van der Waals surface area contributed by atoms with Crippen molar-refractivity contribution in [3.8, 4) is 0 Å². The van der Waals surface area contributed by atoms with Crippen LogP contribution in [-0.2, 0) is 16.0 Å². The molecule has 0 bridgehead atoms. The van der Waals surface area contributed by atoms with Gasteiger partial charge in [-0.3, -0.25) is 9.59 Å². The van der Waals surface area contributed by atoms with Gasteiger partial charge in [-0.1, -0.05) is 48.8 Å². The summed E-state index contributed by atoms with van der Waals surface area (Å²) >= 11 is 0. The molecule has 32 heavy (non-hydrogen) atoms. The number of nitrogens with one attached hydrogen (secondary N) is 1. The maximum atomic E-state index is 13.3. The molecule has 0 spiro atoms. The van der Waals surface area contributed by atoms with Gasteiger partial charge in [0.25, 0.3) is 5.91 Å². The number of aromatic nitrogens is 1. The molecular formula is C25H28N2O5. The number of nitrogens with zero attached hydrogens (tertiary/aromatic N) is 1. The number of carbonyl (C=O) groups excluding carboxylic acids is 2. The number of anilines is 1. The number of fused-ring (bicyclic) bond motifs is 1. The van der Waals surface area contributed by atoms with Crippen molar-refractivity contribution in [1.82, 2.24) is 5.16 Å². The van der Waals surface area contributed by atoms with Crippen molar-refractivity contribution in [3.05, 3.63) is 69.7 Å². The minimum absolute atomic E-state index is 0.0487. The summed E-state index contributed by atoms with van der Waals surface area (Å²) in [7, 11) is 0. The Bertz CT molecular complexity index is 1240. The van der Waals surface area contributed by atoms with E-state index in [1.165, 1.54) is 6.92 Å². The average Bonchev–Trinajstić information content (AvgIpc) is 2.70. The lowest BCUT2D eigenvalue weighted by atomic mass is 9.75. The number of hydrogen-bond acceptors (Lipinski definition) is 6. The van der Waals surface area contributed by atoms with Crippen LogP contribution < -0.4 is 10.9 Å². The lowest BCUT2D eigenvalue weighted by Gasteiger charge is -2.34. The molecule has 0 fully saturated rings. The summed E-state index contributed by atoms with van der Waals surface area (Å²) in [5.41, 5.74) is -0.599. The summed E-state index contributed by atoms with van der Waals surface area (Å²) in [5.74, 6) is -0.742. The van der Waals surface area contributed by atoms with E-state index in [0.29, 0.717) is 22.2 Å². The van der Waals surface area contributed by atoms with Gasteiger partial charge in [0, 0.05) is 22.9 Å². The summed E-state index contributed by atoms with van der Waals surface area (Å²) in [6.45, 7) is 8.52. The van der Waals surface area contributed by atoms with E-state index in [1.54, 1.807) is 39.0 Å². The number of aryl methyl sites for hydroxylation is 2. The standard InChI is InChI=1S/C25H28N2O5/c1-15-7-6-8-18(11-15)13-25(31,14-24(4,5)17(3)28)23(30)26-19-9-10-20-21(12-19)16(2)27-32-22(20)29/h6-12,31H,13-14H2,1-5H3,(H,26,30). The number of amides is 1. The van der Waals surface area contributed by atoms with E-state index >= 15 is 0 Å². The third kappa shape index (κ3) is 4.94. The first kappa shape index (κ1) is 23.3. The molecule has 1 unspecified atom stereocenters. The predicted octanol–water partition coefficient (Wildman–Crippen LogP) is 3.72. The van der Waals surface area contributed by atoms with Crippen LogP contribution in [0.5, 0.6) is 0 Å². The van der Waals surface area contributed by atoms with Crippen LogP contribution in [-0.4, -0.2) is 27.6 Å². The largest absolute Gasteiger partial charge is 0.380 e. The third-order valence-corrected chi connectivity index (χ3v) is 5.84. The van der Waals surface area contributed by atoms with Gasteiger partial charge in [-0.15, -0.1) is 0 Å². The molecular weight excluding hydrogens is 408 g/mol. The first-order chi connectivity index (χ1) is 14.9. The Morgan fingerprint density at radius 3 is 2.47 bits per heavy atom. The van der Waals surface area contributed by atoms with Crippen LogP contribution in [0.4, 0.5) is 5.69 Å².